The molecule has 1 unspecified atom stereocenters. The minimum Gasteiger partial charge on any atom is -0.305 e. The summed E-state index contributed by atoms with van der Waals surface area (Å²) in [6.45, 7) is 9.27. The van der Waals surface area contributed by atoms with Crippen molar-refractivity contribution < 1.29 is 0 Å². The molecule has 2 aromatic rings. The number of rotatable bonds is 4. The van der Waals surface area contributed by atoms with Crippen molar-refractivity contribution in [3.8, 4) is 0 Å². The van der Waals surface area contributed by atoms with Crippen molar-refractivity contribution in [2.75, 3.05) is 0 Å². The second-order valence-corrected chi connectivity index (χ2v) is 5.56. The van der Waals surface area contributed by atoms with Gasteiger partial charge < -0.3 is 5.32 Å². The zero-order valence-corrected chi connectivity index (χ0v) is 12.4. The summed E-state index contributed by atoms with van der Waals surface area (Å²) in [5.74, 6) is 0. The highest BCUT2D eigenvalue weighted by molar-refractivity contribution is 7.09. The summed E-state index contributed by atoms with van der Waals surface area (Å²) in [5.41, 5.74) is 6.67. The number of aromatic nitrogens is 3. The second-order valence-electron chi connectivity index (χ2n) is 4.68. The molecule has 4 nitrogen and oxygen atoms in total. The highest BCUT2D eigenvalue weighted by Crippen LogP contribution is 2.22. The zero-order valence-electron chi connectivity index (χ0n) is 11.6. The lowest BCUT2D eigenvalue weighted by Gasteiger charge is -2.13. The number of nitrogens with one attached hydrogen (secondary N) is 1. The van der Waals surface area contributed by atoms with Crippen molar-refractivity contribution in [1.82, 2.24) is 20.1 Å². The molecule has 1 N–H and O–H groups in total. The molecule has 2 rings (SSSR count). The standard InChI is InChI=1S/C13H20N4S/c1-8-12(11(4)17(5)16-8)6-14-9(2)13-10(3)15-7-18-13/h7,9,14H,6H2,1-5H3. The van der Waals surface area contributed by atoms with Crippen LogP contribution in [-0.2, 0) is 13.6 Å². The van der Waals surface area contributed by atoms with Crippen molar-refractivity contribution >= 4 is 11.3 Å². The summed E-state index contributed by atoms with van der Waals surface area (Å²) in [6, 6.07) is 0.330. The fraction of sp³-hybridized carbons (Fsp3) is 0.538. The van der Waals surface area contributed by atoms with E-state index in [1.54, 1.807) is 11.3 Å². The lowest BCUT2D eigenvalue weighted by Crippen LogP contribution is -2.18. The molecular weight excluding hydrogens is 244 g/mol. The maximum Gasteiger partial charge on any atom is 0.0798 e. The molecule has 5 heteroatoms. The Kier molecular flexibility index (Phi) is 3.82. The molecule has 0 radical (unpaired) electrons. The van der Waals surface area contributed by atoms with Crippen LogP contribution in [0.5, 0.6) is 0 Å². The van der Waals surface area contributed by atoms with Crippen LogP contribution in [0.4, 0.5) is 0 Å². The Morgan fingerprint density at radius 2 is 2.06 bits per heavy atom. The number of hydrogen-bond donors (Lipinski definition) is 1. The maximum absolute atomic E-state index is 4.44. The third-order valence-electron chi connectivity index (χ3n) is 3.42. The summed E-state index contributed by atoms with van der Waals surface area (Å²) in [6.07, 6.45) is 0. The maximum atomic E-state index is 4.44. The van der Waals surface area contributed by atoms with Crippen LogP contribution in [0, 0.1) is 20.8 Å². The first-order valence-corrected chi connectivity index (χ1v) is 7.01. The molecule has 0 spiro atoms. The Balaban J connectivity index is 2.06. The minimum absolute atomic E-state index is 0.330. The highest BCUT2D eigenvalue weighted by Gasteiger charge is 2.13. The molecule has 0 bridgehead atoms. The SMILES string of the molecule is Cc1ncsc1C(C)NCc1c(C)nn(C)c1C. The van der Waals surface area contributed by atoms with Crippen LogP contribution < -0.4 is 5.32 Å². The van der Waals surface area contributed by atoms with E-state index in [1.807, 2.05) is 17.2 Å². The summed E-state index contributed by atoms with van der Waals surface area (Å²) in [4.78, 5) is 5.61. The van der Waals surface area contributed by atoms with Crippen molar-refractivity contribution in [2.45, 2.75) is 40.3 Å². The summed E-state index contributed by atoms with van der Waals surface area (Å²) in [5, 5.41) is 7.99. The van der Waals surface area contributed by atoms with Gasteiger partial charge in [-0.1, -0.05) is 0 Å². The third-order valence-corrected chi connectivity index (χ3v) is 4.53. The molecule has 18 heavy (non-hydrogen) atoms. The largest absolute Gasteiger partial charge is 0.305 e. The molecule has 0 aliphatic rings. The van der Waals surface area contributed by atoms with Gasteiger partial charge in [-0.3, -0.25) is 4.68 Å². The summed E-state index contributed by atoms with van der Waals surface area (Å²) < 4.78 is 1.94. The van der Waals surface area contributed by atoms with E-state index in [2.05, 4.69) is 43.1 Å². The Morgan fingerprint density at radius 3 is 2.56 bits per heavy atom. The van der Waals surface area contributed by atoms with Gasteiger partial charge in [0.1, 0.15) is 0 Å². The van der Waals surface area contributed by atoms with Gasteiger partial charge in [0.25, 0.3) is 0 Å². The van der Waals surface area contributed by atoms with Gasteiger partial charge >= 0.3 is 0 Å². The van der Waals surface area contributed by atoms with Crippen LogP contribution in [0.1, 0.15) is 40.5 Å². The van der Waals surface area contributed by atoms with E-state index in [0.717, 1.165) is 17.9 Å². The summed E-state index contributed by atoms with van der Waals surface area (Å²) >= 11 is 1.71. The first-order valence-electron chi connectivity index (χ1n) is 6.13. The number of nitrogens with zero attached hydrogens (tertiary/aromatic N) is 3. The van der Waals surface area contributed by atoms with Crippen molar-refractivity contribution in [3.05, 3.63) is 33.0 Å². The van der Waals surface area contributed by atoms with Crippen LogP contribution in [-0.4, -0.2) is 14.8 Å². The molecule has 98 valence electrons. The molecule has 0 aliphatic heterocycles. The molecule has 2 aromatic heterocycles. The Bertz CT molecular complexity index is 541. The quantitative estimate of drug-likeness (QED) is 0.923. The van der Waals surface area contributed by atoms with Crippen molar-refractivity contribution in [2.24, 2.45) is 7.05 Å². The molecule has 0 fully saturated rings. The van der Waals surface area contributed by atoms with Gasteiger partial charge in [0, 0.05) is 35.8 Å². The van der Waals surface area contributed by atoms with E-state index < -0.39 is 0 Å². The molecule has 1 atom stereocenters. The average molecular weight is 264 g/mol. The van der Waals surface area contributed by atoms with Gasteiger partial charge in [-0.05, 0) is 27.7 Å². The highest BCUT2D eigenvalue weighted by atomic mass is 32.1. The molecular formula is C13H20N4S. The first kappa shape index (κ1) is 13.2. The number of hydrogen-bond acceptors (Lipinski definition) is 4. The molecule has 0 aromatic carbocycles. The van der Waals surface area contributed by atoms with Crippen LogP contribution in [0.3, 0.4) is 0 Å². The Morgan fingerprint density at radius 1 is 1.33 bits per heavy atom. The normalized spacial score (nSPS) is 12.9. The molecule has 0 saturated heterocycles. The van der Waals surface area contributed by atoms with Gasteiger partial charge in [0.2, 0.25) is 0 Å². The molecule has 0 amide bonds. The van der Waals surface area contributed by atoms with Crippen LogP contribution in [0.2, 0.25) is 0 Å². The number of aryl methyl sites for hydroxylation is 3. The van der Waals surface area contributed by atoms with Crippen molar-refractivity contribution in [3.63, 3.8) is 0 Å². The summed E-state index contributed by atoms with van der Waals surface area (Å²) in [7, 11) is 1.99. The van der Waals surface area contributed by atoms with E-state index in [9.17, 15) is 0 Å². The first-order chi connectivity index (χ1) is 8.50. The van der Waals surface area contributed by atoms with E-state index in [4.69, 9.17) is 0 Å². The topological polar surface area (TPSA) is 42.7 Å². The smallest absolute Gasteiger partial charge is 0.0798 e. The molecule has 0 saturated carbocycles. The van der Waals surface area contributed by atoms with Gasteiger partial charge in [0.05, 0.1) is 16.9 Å². The Labute approximate surface area is 112 Å². The molecule has 2 heterocycles. The van der Waals surface area contributed by atoms with Crippen LogP contribution >= 0.6 is 11.3 Å². The van der Waals surface area contributed by atoms with Gasteiger partial charge in [-0.15, -0.1) is 11.3 Å². The Hall–Kier alpha value is -1.20. The fourth-order valence-electron chi connectivity index (χ4n) is 2.15. The predicted octanol–water partition coefficient (Wildman–Crippen LogP) is 2.65. The lowest BCUT2D eigenvalue weighted by atomic mass is 10.1. The fourth-order valence-corrected chi connectivity index (χ4v) is 2.98. The van der Waals surface area contributed by atoms with Gasteiger partial charge in [-0.2, -0.15) is 5.10 Å². The lowest BCUT2D eigenvalue weighted by molar-refractivity contribution is 0.576. The van der Waals surface area contributed by atoms with E-state index in [-0.39, 0.29) is 0 Å². The third kappa shape index (κ3) is 2.47. The minimum atomic E-state index is 0.330. The van der Waals surface area contributed by atoms with E-state index in [0.29, 0.717) is 6.04 Å². The number of thiazole rings is 1. The van der Waals surface area contributed by atoms with E-state index in [1.165, 1.54) is 16.1 Å². The monoisotopic (exact) mass is 264 g/mol. The van der Waals surface area contributed by atoms with Crippen LogP contribution in [0.25, 0.3) is 0 Å². The van der Waals surface area contributed by atoms with Gasteiger partial charge in [0.15, 0.2) is 0 Å². The molecule has 0 aliphatic carbocycles. The van der Waals surface area contributed by atoms with Gasteiger partial charge in [-0.25, -0.2) is 4.98 Å². The predicted molar refractivity (Wildman–Crippen MR) is 74.8 cm³/mol. The zero-order chi connectivity index (χ0) is 13.3. The van der Waals surface area contributed by atoms with Crippen LogP contribution in [0.15, 0.2) is 5.51 Å². The van der Waals surface area contributed by atoms with E-state index >= 15 is 0 Å². The average Bonchev–Trinajstić information content (AvgIpc) is 2.83. The second kappa shape index (κ2) is 5.20. The van der Waals surface area contributed by atoms with Crippen molar-refractivity contribution in [1.29, 1.82) is 0 Å².